The summed E-state index contributed by atoms with van der Waals surface area (Å²) in [4.78, 5) is 38.8. The van der Waals surface area contributed by atoms with Gasteiger partial charge in [-0.2, -0.15) is 0 Å². The van der Waals surface area contributed by atoms with Gasteiger partial charge in [-0.15, -0.1) is 0 Å². The topological polar surface area (TPSA) is 95.9 Å². The minimum absolute atomic E-state index is 0.00880. The Morgan fingerprint density at radius 1 is 0.943 bits per heavy atom. The summed E-state index contributed by atoms with van der Waals surface area (Å²) >= 11 is 0. The molecule has 1 heterocycles. The van der Waals surface area contributed by atoms with E-state index >= 15 is 0 Å². The van der Waals surface area contributed by atoms with Crippen LogP contribution < -0.4 is 5.32 Å². The quantitative estimate of drug-likeness (QED) is 0.649. The van der Waals surface area contributed by atoms with Crippen molar-refractivity contribution in [3.05, 3.63) is 59.7 Å². The number of ether oxygens (including phenoxy) is 1. The summed E-state index contributed by atoms with van der Waals surface area (Å²) in [7, 11) is 0. The highest BCUT2D eigenvalue weighted by Gasteiger charge is 2.38. The molecule has 1 saturated heterocycles. The van der Waals surface area contributed by atoms with Crippen LogP contribution in [0.3, 0.4) is 0 Å². The number of alkyl carbamates (subject to hydrolysis) is 1. The minimum Gasteiger partial charge on any atom is -0.481 e. The fourth-order valence-electron chi connectivity index (χ4n) is 6.04. The van der Waals surface area contributed by atoms with E-state index in [2.05, 4.69) is 29.6 Å². The normalized spacial score (nSPS) is 23.4. The maximum Gasteiger partial charge on any atom is 0.407 e. The van der Waals surface area contributed by atoms with Crippen molar-refractivity contribution in [3.8, 4) is 11.1 Å². The van der Waals surface area contributed by atoms with Crippen LogP contribution in [0.5, 0.6) is 0 Å². The first kappa shape index (κ1) is 23.4. The number of aliphatic carboxylic acids is 1. The Hall–Kier alpha value is -3.35. The van der Waals surface area contributed by atoms with E-state index in [0.29, 0.717) is 19.5 Å². The molecule has 0 spiro atoms. The number of carboxylic acids is 1. The van der Waals surface area contributed by atoms with E-state index in [-0.39, 0.29) is 36.8 Å². The molecule has 184 valence electrons. The number of hydrogen-bond acceptors (Lipinski definition) is 4. The molecule has 2 amide bonds. The van der Waals surface area contributed by atoms with Gasteiger partial charge in [0.15, 0.2) is 0 Å². The second-order valence-corrected chi connectivity index (χ2v) is 9.97. The van der Waals surface area contributed by atoms with Crippen LogP contribution in [-0.2, 0) is 14.3 Å². The monoisotopic (exact) mass is 476 g/mol. The van der Waals surface area contributed by atoms with Crippen molar-refractivity contribution >= 4 is 18.0 Å². The second kappa shape index (κ2) is 10.1. The first-order chi connectivity index (χ1) is 17.0. The molecule has 0 bridgehead atoms. The molecule has 7 nitrogen and oxygen atoms in total. The van der Waals surface area contributed by atoms with Crippen molar-refractivity contribution in [1.82, 2.24) is 10.2 Å². The van der Waals surface area contributed by atoms with Crippen molar-refractivity contribution in [1.29, 1.82) is 0 Å². The van der Waals surface area contributed by atoms with Gasteiger partial charge in [-0.05, 0) is 47.4 Å². The van der Waals surface area contributed by atoms with Gasteiger partial charge in [0.05, 0.1) is 5.92 Å². The molecular formula is C28H32N2O5. The SMILES string of the molecule is O=C(NC[C@@H]1CCCC[C@@H]1C(=O)N1CCC(C(=O)O)C1)OCC1c2ccccc2-c2ccccc21. The van der Waals surface area contributed by atoms with Gasteiger partial charge in [0, 0.05) is 31.5 Å². The fourth-order valence-corrected chi connectivity index (χ4v) is 6.04. The third-order valence-electron chi connectivity index (χ3n) is 7.93. The van der Waals surface area contributed by atoms with E-state index in [0.717, 1.165) is 25.7 Å². The van der Waals surface area contributed by atoms with E-state index in [1.54, 1.807) is 4.90 Å². The number of hydrogen-bond donors (Lipinski definition) is 2. The molecule has 7 heteroatoms. The Kier molecular flexibility index (Phi) is 6.75. The van der Waals surface area contributed by atoms with E-state index in [9.17, 15) is 19.5 Å². The number of nitrogens with zero attached hydrogens (tertiary/aromatic N) is 1. The maximum absolute atomic E-state index is 13.1. The number of rotatable bonds is 6. The van der Waals surface area contributed by atoms with Crippen LogP contribution in [0.15, 0.2) is 48.5 Å². The summed E-state index contributed by atoms with van der Waals surface area (Å²) in [6.45, 7) is 1.44. The molecule has 2 fully saturated rings. The van der Waals surface area contributed by atoms with Gasteiger partial charge in [0.1, 0.15) is 6.61 Å². The minimum atomic E-state index is -0.836. The highest BCUT2D eigenvalue weighted by molar-refractivity contribution is 5.81. The van der Waals surface area contributed by atoms with Gasteiger partial charge in [0.2, 0.25) is 5.91 Å². The summed E-state index contributed by atoms with van der Waals surface area (Å²) in [5.74, 6) is -1.40. The zero-order valence-electron chi connectivity index (χ0n) is 19.8. The van der Waals surface area contributed by atoms with Crippen molar-refractivity contribution in [2.24, 2.45) is 17.8 Å². The molecule has 3 aliphatic rings. The highest BCUT2D eigenvalue weighted by atomic mass is 16.5. The summed E-state index contributed by atoms with van der Waals surface area (Å²) in [5.41, 5.74) is 4.72. The number of nitrogens with one attached hydrogen (secondary N) is 1. The van der Waals surface area contributed by atoms with Crippen LogP contribution in [0.1, 0.15) is 49.1 Å². The van der Waals surface area contributed by atoms with E-state index in [1.165, 1.54) is 22.3 Å². The second-order valence-electron chi connectivity index (χ2n) is 9.97. The number of likely N-dealkylation sites (tertiary alicyclic amines) is 1. The van der Waals surface area contributed by atoms with Crippen LogP contribution in [0.4, 0.5) is 4.79 Å². The lowest BCUT2D eigenvalue weighted by Gasteiger charge is -2.33. The smallest absolute Gasteiger partial charge is 0.407 e. The molecule has 0 radical (unpaired) electrons. The standard InChI is InChI=1S/C28H32N2O5/c31-26(30-14-13-19(16-30)27(32)33)20-8-2-1-7-18(20)15-29-28(34)35-17-25-23-11-5-3-9-21(23)22-10-4-6-12-24(22)25/h3-6,9-12,18-20,25H,1-2,7-8,13-17H2,(H,29,34)(H,32,33)/t18-,19?,20-/m0/s1. The Morgan fingerprint density at radius 2 is 1.60 bits per heavy atom. The van der Waals surface area contributed by atoms with Crippen molar-refractivity contribution < 1.29 is 24.2 Å². The Morgan fingerprint density at radius 3 is 2.26 bits per heavy atom. The zero-order chi connectivity index (χ0) is 24.4. The lowest BCUT2D eigenvalue weighted by Crippen LogP contribution is -2.43. The molecular weight excluding hydrogens is 444 g/mol. The van der Waals surface area contributed by atoms with Gasteiger partial charge in [-0.3, -0.25) is 9.59 Å². The van der Waals surface area contributed by atoms with Crippen LogP contribution in [-0.4, -0.2) is 54.2 Å². The van der Waals surface area contributed by atoms with Gasteiger partial charge >= 0.3 is 12.1 Å². The van der Waals surface area contributed by atoms with Crippen LogP contribution in [0.25, 0.3) is 11.1 Å². The molecule has 2 aromatic rings. The summed E-state index contributed by atoms with van der Waals surface area (Å²) in [6.07, 6.45) is 3.71. The Labute approximate surface area is 205 Å². The first-order valence-electron chi connectivity index (χ1n) is 12.6. The molecule has 5 rings (SSSR count). The third-order valence-corrected chi connectivity index (χ3v) is 7.93. The third kappa shape index (κ3) is 4.77. The number of amides is 2. The largest absolute Gasteiger partial charge is 0.481 e. The number of carbonyl (C=O) groups excluding carboxylic acids is 2. The molecule has 1 saturated carbocycles. The van der Waals surface area contributed by atoms with Gasteiger partial charge in [-0.25, -0.2) is 4.79 Å². The maximum atomic E-state index is 13.1. The van der Waals surface area contributed by atoms with Crippen molar-refractivity contribution in [2.75, 3.05) is 26.2 Å². The van der Waals surface area contributed by atoms with Crippen molar-refractivity contribution in [2.45, 2.75) is 38.0 Å². The van der Waals surface area contributed by atoms with E-state index < -0.39 is 18.0 Å². The predicted molar refractivity (Wildman–Crippen MR) is 131 cm³/mol. The number of carboxylic acid groups (broad SMARTS) is 1. The van der Waals surface area contributed by atoms with Crippen LogP contribution >= 0.6 is 0 Å². The average Bonchev–Trinajstić information content (AvgIpc) is 3.50. The lowest BCUT2D eigenvalue weighted by atomic mass is 9.78. The van der Waals surface area contributed by atoms with Gasteiger partial charge in [-0.1, -0.05) is 61.4 Å². The molecule has 3 atom stereocenters. The number of fused-ring (bicyclic) bond motifs is 3. The average molecular weight is 477 g/mol. The molecule has 2 N–H and O–H groups in total. The number of carbonyl (C=O) groups is 3. The molecule has 0 aromatic heterocycles. The molecule has 1 aliphatic heterocycles. The first-order valence-corrected chi connectivity index (χ1v) is 12.6. The van der Waals surface area contributed by atoms with Gasteiger partial charge in [0.25, 0.3) is 0 Å². The highest BCUT2D eigenvalue weighted by Crippen LogP contribution is 2.44. The van der Waals surface area contributed by atoms with Crippen molar-refractivity contribution in [3.63, 3.8) is 0 Å². The zero-order valence-corrected chi connectivity index (χ0v) is 19.8. The summed E-state index contributed by atoms with van der Waals surface area (Å²) < 4.78 is 5.66. The Balaban J connectivity index is 1.16. The van der Waals surface area contributed by atoms with E-state index in [1.807, 2.05) is 24.3 Å². The lowest BCUT2D eigenvalue weighted by molar-refractivity contribution is -0.142. The molecule has 2 aliphatic carbocycles. The molecule has 35 heavy (non-hydrogen) atoms. The molecule has 2 aromatic carbocycles. The summed E-state index contributed by atoms with van der Waals surface area (Å²) in [5, 5.41) is 12.2. The summed E-state index contributed by atoms with van der Waals surface area (Å²) in [6, 6.07) is 16.5. The van der Waals surface area contributed by atoms with E-state index in [4.69, 9.17) is 4.74 Å². The van der Waals surface area contributed by atoms with Crippen LogP contribution in [0.2, 0.25) is 0 Å². The Bertz CT molecular complexity index is 1070. The van der Waals surface area contributed by atoms with Gasteiger partial charge < -0.3 is 20.1 Å². The number of benzene rings is 2. The predicted octanol–water partition coefficient (Wildman–Crippen LogP) is 4.26. The molecule has 1 unspecified atom stereocenters. The fraction of sp³-hybridized carbons (Fsp3) is 0.464. The van der Waals surface area contributed by atoms with Crippen LogP contribution in [0, 0.1) is 17.8 Å².